The molecule has 7 heteroatoms. The Labute approximate surface area is 179 Å². The van der Waals surface area contributed by atoms with E-state index in [0.29, 0.717) is 12.4 Å². The summed E-state index contributed by atoms with van der Waals surface area (Å²) in [5.74, 6) is 3.19. The molecule has 1 heterocycles. The Kier molecular flexibility index (Phi) is 10.8. The molecule has 0 aliphatic carbocycles. The van der Waals surface area contributed by atoms with Crippen molar-refractivity contribution in [3.05, 3.63) is 47.2 Å². The quantitative estimate of drug-likeness (QED) is 0.243. The molecule has 0 amide bonds. The summed E-state index contributed by atoms with van der Waals surface area (Å²) in [6, 6.07) is 8.28. The van der Waals surface area contributed by atoms with Crippen LogP contribution in [0.15, 0.2) is 33.7 Å². The molecule has 0 spiro atoms. The number of hydrogen-bond donors (Lipinski definition) is 2. The molecule has 1 aromatic heterocycles. The van der Waals surface area contributed by atoms with Gasteiger partial charge in [-0.3, -0.25) is 4.99 Å². The maximum absolute atomic E-state index is 5.69. The molecule has 0 radical (unpaired) electrons. The fourth-order valence-electron chi connectivity index (χ4n) is 2.41. The summed E-state index contributed by atoms with van der Waals surface area (Å²) in [5, 5.41) is 6.52. The van der Waals surface area contributed by atoms with Gasteiger partial charge in [-0.25, -0.2) is 4.98 Å². The summed E-state index contributed by atoms with van der Waals surface area (Å²) >= 11 is 0. The first-order valence-corrected chi connectivity index (χ1v) is 9.21. The third-order valence-electron chi connectivity index (χ3n) is 4.10. The minimum absolute atomic E-state index is 0. The number of ether oxygens (including phenoxy) is 1. The van der Waals surface area contributed by atoms with Gasteiger partial charge in [0.25, 0.3) is 0 Å². The highest BCUT2D eigenvalue weighted by Crippen LogP contribution is 2.13. The molecule has 0 aliphatic rings. The zero-order valence-corrected chi connectivity index (χ0v) is 19.0. The van der Waals surface area contributed by atoms with Gasteiger partial charge in [-0.15, -0.1) is 24.0 Å². The number of oxazole rings is 1. The van der Waals surface area contributed by atoms with Crippen molar-refractivity contribution >= 4 is 29.9 Å². The fourth-order valence-corrected chi connectivity index (χ4v) is 2.41. The predicted molar refractivity (Wildman–Crippen MR) is 120 cm³/mol. The first-order chi connectivity index (χ1) is 12.6. The maximum atomic E-state index is 5.69. The van der Waals surface area contributed by atoms with E-state index in [-0.39, 0.29) is 24.0 Å². The van der Waals surface area contributed by atoms with E-state index >= 15 is 0 Å². The second-order valence-corrected chi connectivity index (χ2v) is 6.20. The van der Waals surface area contributed by atoms with E-state index in [4.69, 9.17) is 9.15 Å². The first kappa shape index (κ1) is 23.3. The van der Waals surface area contributed by atoms with Crippen LogP contribution in [0.4, 0.5) is 0 Å². The van der Waals surface area contributed by atoms with E-state index in [9.17, 15) is 0 Å². The SMILES string of the molecule is CCCCOc1ccc(CCNC(=NC)NCc2nc(C)c(C)o2)cc1.I. The number of halogens is 1. The van der Waals surface area contributed by atoms with Gasteiger partial charge in [0.1, 0.15) is 11.5 Å². The standard InChI is InChI=1S/C20H30N4O2.HI/c1-5-6-13-25-18-9-7-17(8-10-18)11-12-22-20(21-4)23-14-19-24-15(2)16(3)26-19;/h7-10H,5-6,11-14H2,1-4H3,(H2,21,22,23);1H. The molecule has 2 N–H and O–H groups in total. The molecule has 2 rings (SSSR count). The van der Waals surface area contributed by atoms with E-state index in [1.54, 1.807) is 7.05 Å². The van der Waals surface area contributed by atoms with Crippen LogP contribution in [0.25, 0.3) is 0 Å². The second kappa shape index (κ2) is 12.6. The molecule has 0 atom stereocenters. The van der Waals surface area contributed by atoms with E-state index in [1.807, 2.05) is 26.0 Å². The van der Waals surface area contributed by atoms with Crippen LogP contribution in [-0.2, 0) is 13.0 Å². The topological polar surface area (TPSA) is 71.7 Å². The lowest BCUT2D eigenvalue weighted by Crippen LogP contribution is -2.37. The lowest BCUT2D eigenvalue weighted by atomic mass is 10.1. The molecule has 6 nitrogen and oxygen atoms in total. The Morgan fingerprint density at radius 3 is 2.52 bits per heavy atom. The lowest BCUT2D eigenvalue weighted by molar-refractivity contribution is 0.309. The number of aryl methyl sites for hydroxylation is 2. The van der Waals surface area contributed by atoms with Crippen LogP contribution in [0.2, 0.25) is 0 Å². The number of hydrogen-bond acceptors (Lipinski definition) is 4. The van der Waals surface area contributed by atoms with Crippen molar-refractivity contribution in [2.75, 3.05) is 20.2 Å². The van der Waals surface area contributed by atoms with Crippen LogP contribution >= 0.6 is 24.0 Å². The van der Waals surface area contributed by atoms with Gasteiger partial charge in [0.15, 0.2) is 5.96 Å². The van der Waals surface area contributed by atoms with Crippen LogP contribution in [0.1, 0.15) is 42.7 Å². The molecule has 0 fully saturated rings. The fraction of sp³-hybridized carbons (Fsp3) is 0.500. The average Bonchev–Trinajstić information content (AvgIpc) is 2.97. The highest BCUT2D eigenvalue weighted by atomic mass is 127. The number of nitrogens with one attached hydrogen (secondary N) is 2. The van der Waals surface area contributed by atoms with Gasteiger partial charge in [0.05, 0.1) is 18.8 Å². The third kappa shape index (κ3) is 8.19. The number of unbranched alkanes of at least 4 members (excludes halogenated alkanes) is 1. The van der Waals surface area contributed by atoms with Gasteiger partial charge in [0.2, 0.25) is 5.89 Å². The number of rotatable bonds is 9. The lowest BCUT2D eigenvalue weighted by Gasteiger charge is -2.11. The van der Waals surface area contributed by atoms with Crippen molar-refractivity contribution in [3.63, 3.8) is 0 Å². The van der Waals surface area contributed by atoms with Crippen molar-refractivity contribution in [1.29, 1.82) is 0 Å². The summed E-state index contributed by atoms with van der Waals surface area (Å²) in [5.41, 5.74) is 2.18. The Hall–Kier alpha value is -1.77. The zero-order chi connectivity index (χ0) is 18.8. The number of aliphatic imine (C=N–C) groups is 1. The summed E-state index contributed by atoms with van der Waals surface area (Å²) in [7, 11) is 1.75. The van der Waals surface area contributed by atoms with Crippen molar-refractivity contribution in [2.24, 2.45) is 4.99 Å². The molecule has 150 valence electrons. The first-order valence-electron chi connectivity index (χ1n) is 9.21. The molecule has 1 aromatic carbocycles. The van der Waals surface area contributed by atoms with Gasteiger partial charge in [-0.2, -0.15) is 0 Å². The average molecular weight is 486 g/mol. The van der Waals surface area contributed by atoms with Crippen molar-refractivity contribution in [3.8, 4) is 5.75 Å². The number of guanidine groups is 1. The summed E-state index contributed by atoms with van der Waals surface area (Å²) in [4.78, 5) is 8.58. The van der Waals surface area contributed by atoms with Crippen molar-refractivity contribution in [2.45, 2.75) is 46.6 Å². The Bertz CT molecular complexity index is 679. The van der Waals surface area contributed by atoms with Crippen LogP contribution < -0.4 is 15.4 Å². The van der Waals surface area contributed by atoms with Gasteiger partial charge >= 0.3 is 0 Å². The van der Waals surface area contributed by atoms with Gasteiger partial charge < -0.3 is 19.8 Å². The molecular formula is C20H31IN4O2. The smallest absolute Gasteiger partial charge is 0.214 e. The largest absolute Gasteiger partial charge is 0.494 e. The number of benzene rings is 1. The van der Waals surface area contributed by atoms with Gasteiger partial charge in [-0.05, 0) is 44.4 Å². The van der Waals surface area contributed by atoms with E-state index in [0.717, 1.165) is 55.6 Å². The molecule has 0 saturated heterocycles. The third-order valence-corrected chi connectivity index (χ3v) is 4.10. The van der Waals surface area contributed by atoms with E-state index in [2.05, 4.69) is 39.7 Å². The van der Waals surface area contributed by atoms with Gasteiger partial charge in [0, 0.05) is 13.6 Å². The van der Waals surface area contributed by atoms with Crippen molar-refractivity contribution < 1.29 is 9.15 Å². The molecular weight excluding hydrogens is 455 g/mol. The molecule has 0 aliphatic heterocycles. The van der Waals surface area contributed by atoms with Crippen LogP contribution in [-0.4, -0.2) is 31.1 Å². The minimum Gasteiger partial charge on any atom is -0.494 e. The summed E-state index contributed by atoms with van der Waals surface area (Å²) in [6.07, 6.45) is 3.14. The van der Waals surface area contributed by atoms with Gasteiger partial charge in [-0.1, -0.05) is 25.5 Å². The molecule has 0 saturated carbocycles. The second-order valence-electron chi connectivity index (χ2n) is 6.20. The highest BCUT2D eigenvalue weighted by molar-refractivity contribution is 14.0. The van der Waals surface area contributed by atoms with Crippen LogP contribution in [0, 0.1) is 13.8 Å². The summed E-state index contributed by atoms with van der Waals surface area (Å²) in [6.45, 7) is 8.10. The highest BCUT2D eigenvalue weighted by Gasteiger charge is 2.06. The molecule has 2 aromatic rings. The number of aromatic nitrogens is 1. The maximum Gasteiger partial charge on any atom is 0.214 e. The van der Waals surface area contributed by atoms with Crippen molar-refractivity contribution in [1.82, 2.24) is 15.6 Å². The predicted octanol–water partition coefficient (Wildman–Crippen LogP) is 4.00. The monoisotopic (exact) mass is 486 g/mol. The summed E-state index contributed by atoms with van der Waals surface area (Å²) < 4.78 is 11.2. The molecule has 0 bridgehead atoms. The van der Waals surface area contributed by atoms with E-state index < -0.39 is 0 Å². The van der Waals surface area contributed by atoms with Crippen LogP contribution in [0.3, 0.4) is 0 Å². The zero-order valence-electron chi connectivity index (χ0n) is 16.7. The normalized spacial score (nSPS) is 11.0. The Morgan fingerprint density at radius 2 is 1.93 bits per heavy atom. The Balaban J connectivity index is 0.00000364. The Morgan fingerprint density at radius 1 is 1.19 bits per heavy atom. The van der Waals surface area contributed by atoms with Crippen LogP contribution in [0.5, 0.6) is 5.75 Å². The minimum atomic E-state index is 0. The molecule has 0 unspecified atom stereocenters. The molecule has 27 heavy (non-hydrogen) atoms. The van der Waals surface area contributed by atoms with E-state index in [1.165, 1.54) is 5.56 Å². The number of nitrogens with zero attached hydrogens (tertiary/aromatic N) is 2.